The molecule has 0 radical (unpaired) electrons. The van der Waals surface area contributed by atoms with E-state index in [4.69, 9.17) is 0 Å². The summed E-state index contributed by atoms with van der Waals surface area (Å²) in [5.41, 5.74) is 5.19. The van der Waals surface area contributed by atoms with Crippen molar-refractivity contribution in [2.45, 2.75) is 26.1 Å². The molecule has 4 heterocycles. The summed E-state index contributed by atoms with van der Waals surface area (Å²) in [6.45, 7) is 3.59. The standard InChI is InChI=1S/C19H20N6.2ClH/c1-3-15(9-20-5-1)13-25-8-4-18-16(10-21-11-17(18)14-25)12-24-19-22-6-2-7-23-19;;/h1-3,5-7,9-11H,4,8,12-14H2,(H,22,23,24);2*1H. The number of hydrogen-bond donors (Lipinski definition) is 1. The van der Waals surface area contributed by atoms with Gasteiger partial charge in [-0.25, -0.2) is 9.97 Å². The van der Waals surface area contributed by atoms with Crippen LogP contribution >= 0.6 is 24.8 Å². The van der Waals surface area contributed by atoms with Crippen LogP contribution in [0.4, 0.5) is 5.95 Å². The molecule has 3 aromatic heterocycles. The minimum Gasteiger partial charge on any atom is -0.350 e. The molecule has 0 aliphatic carbocycles. The van der Waals surface area contributed by atoms with Crippen LogP contribution in [0, 0.1) is 0 Å². The third-order valence-corrected chi connectivity index (χ3v) is 4.44. The fourth-order valence-corrected chi connectivity index (χ4v) is 3.23. The average molecular weight is 405 g/mol. The van der Waals surface area contributed by atoms with Crippen molar-refractivity contribution < 1.29 is 0 Å². The smallest absolute Gasteiger partial charge is 0.222 e. The van der Waals surface area contributed by atoms with E-state index in [0.29, 0.717) is 12.5 Å². The van der Waals surface area contributed by atoms with E-state index in [-0.39, 0.29) is 24.8 Å². The number of rotatable bonds is 5. The van der Waals surface area contributed by atoms with Gasteiger partial charge in [-0.3, -0.25) is 14.9 Å². The molecule has 1 N–H and O–H groups in total. The van der Waals surface area contributed by atoms with Gasteiger partial charge in [-0.1, -0.05) is 6.07 Å². The number of anilines is 1. The van der Waals surface area contributed by atoms with Crippen molar-refractivity contribution in [1.29, 1.82) is 0 Å². The molecule has 3 aromatic rings. The minimum absolute atomic E-state index is 0. The molecule has 0 atom stereocenters. The zero-order valence-electron chi connectivity index (χ0n) is 14.8. The number of aromatic nitrogens is 4. The number of fused-ring (bicyclic) bond motifs is 1. The summed E-state index contributed by atoms with van der Waals surface area (Å²) in [5.74, 6) is 0.647. The van der Waals surface area contributed by atoms with Gasteiger partial charge in [0.15, 0.2) is 0 Å². The van der Waals surface area contributed by atoms with Crippen LogP contribution in [-0.2, 0) is 26.1 Å². The lowest BCUT2D eigenvalue weighted by Gasteiger charge is -2.29. The van der Waals surface area contributed by atoms with Crippen molar-refractivity contribution in [3.63, 3.8) is 0 Å². The molecule has 4 rings (SSSR count). The van der Waals surface area contributed by atoms with Gasteiger partial charge in [-0.15, -0.1) is 24.8 Å². The molecule has 0 amide bonds. The summed E-state index contributed by atoms with van der Waals surface area (Å²) in [6, 6.07) is 5.93. The Kier molecular flexibility index (Phi) is 7.91. The minimum atomic E-state index is 0. The maximum absolute atomic E-state index is 4.43. The highest BCUT2D eigenvalue weighted by Crippen LogP contribution is 2.23. The van der Waals surface area contributed by atoms with Crippen LogP contribution in [0.25, 0.3) is 0 Å². The first-order valence-electron chi connectivity index (χ1n) is 8.45. The van der Waals surface area contributed by atoms with Crippen LogP contribution in [0.5, 0.6) is 0 Å². The fourth-order valence-electron chi connectivity index (χ4n) is 3.23. The van der Waals surface area contributed by atoms with E-state index in [1.807, 2.05) is 36.9 Å². The molecule has 0 unspecified atom stereocenters. The number of pyridine rings is 2. The highest BCUT2D eigenvalue weighted by molar-refractivity contribution is 5.85. The van der Waals surface area contributed by atoms with E-state index in [0.717, 1.165) is 26.1 Å². The van der Waals surface area contributed by atoms with Gasteiger partial charge in [-0.05, 0) is 40.8 Å². The van der Waals surface area contributed by atoms with E-state index in [2.05, 4.69) is 36.2 Å². The molecular formula is C19H22Cl2N6. The molecule has 1 aliphatic rings. The Morgan fingerprint density at radius 1 is 0.963 bits per heavy atom. The van der Waals surface area contributed by atoms with Gasteiger partial charge in [0.05, 0.1) is 0 Å². The SMILES string of the molecule is Cl.Cl.c1cnc(NCc2cncc3c2CCN(Cc2cccnc2)C3)nc1. The van der Waals surface area contributed by atoms with Gasteiger partial charge in [0.25, 0.3) is 0 Å². The third-order valence-electron chi connectivity index (χ3n) is 4.44. The second kappa shape index (κ2) is 10.2. The van der Waals surface area contributed by atoms with Crippen molar-refractivity contribution in [3.8, 4) is 0 Å². The largest absolute Gasteiger partial charge is 0.350 e. The van der Waals surface area contributed by atoms with E-state index in [1.54, 1.807) is 12.4 Å². The summed E-state index contributed by atoms with van der Waals surface area (Å²) in [4.78, 5) is 19.5. The van der Waals surface area contributed by atoms with Gasteiger partial charge in [0.1, 0.15) is 0 Å². The van der Waals surface area contributed by atoms with Crippen LogP contribution < -0.4 is 5.32 Å². The number of hydrogen-bond acceptors (Lipinski definition) is 6. The Morgan fingerprint density at radius 2 is 1.81 bits per heavy atom. The van der Waals surface area contributed by atoms with Gasteiger partial charge in [-0.2, -0.15) is 0 Å². The van der Waals surface area contributed by atoms with Crippen LogP contribution in [0.1, 0.15) is 22.3 Å². The molecule has 0 fully saturated rings. The highest BCUT2D eigenvalue weighted by Gasteiger charge is 2.19. The van der Waals surface area contributed by atoms with Crippen LogP contribution in [0.3, 0.4) is 0 Å². The van der Waals surface area contributed by atoms with Crippen molar-refractivity contribution in [1.82, 2.24) is 24.8 Å². The lowest BCUT2D eigenvalue weighted by molar-refractivity contribution is 0.244. The van der Waals surface area contributed by atoms with Crippen LogP contribution in [0.2, 0.25) is 0 Å². The van der Waals surface area contributed by atoms with Gasteiger partial charge in [0, 0.05) is 63.4 Å². The third kappa shape index (κ3) is 5.35. The zero-order valence-corrected chi connectivity index (χ0v) is 16.4. The number of halogens is 2. The first kappa shape index (κ1) is 21.0. The van der Waals surface area contributed by atoms with E-state index in [9.17, 15) is 0 Å². The summed E-state index contributed by atoms with van der Waals surface area (Å²) < 4.78 is 0. The Bertz CT molecular complexity index is 832. The Hall–Kier alpha value is -2.28. The molecule has 8 heteroatoms. The van der Waals surface area contributed by atoms with E-state index in [1.165, 1.54) is 22.3 Å². The van der Waals surface area contributed by atoms with Gasteiger partial charge in [0.2, 0.25) is 5.95 Å². The maximum atomic E-state index is 4.43. The monoisotopic (exact) mass is 404 g/mol. The molecule has 27 heavy (non-hydrogen) atoms. The summed E-state index contributed by atoms with van der Waals surface area (Å²) in [7, 11) is 0. The zero-order chi connectivity index (χ0) is 16.9. The molecule has 0 bridgehead atoms. The normalized spacial score (nSPS) is 13.0. The molecular weight excluding hydrogens is 383 g/mol. The average Bonchev–Trinajstić information content (AvgIpc) is 2.68. The highest BCUT2D eigenvalue weighted by atomic mass is 35.5. The molecule has 6 nitrogen and oxygen atoms in total. The first-order chi connectivity index (χ1) is 12.4. The summed E-state index contributed by atoms with van der Waals surface area (Å²) >= 11 is 0. The quantitative estimate of drug-likeness (QED) is 0.703. The summed E-state index contributed by atoms with van der Waals surface area (Å²) in [6.07, 6.45) is 12.2. The molecule has 0 aromatic carbocycles. The number of nitrogens with one attached hydrogen (secondary N) is 1. The van der Waals surface area contributed by atoms with Crippen molar-refractivity contribution in [2.24, 2.45) is 0 Å². The number of nitrogens with zero attached hydrogens (tertiary/aromatic N) is 5. The second-order valence-electron chi connectivity index (χ2n) is 6.18. The lowest BCUT2D eigenvalue weighted by Crippen LogP contribution is -2.31. The molecule has 0 spiro atoms. The summed E-state index contributed by atoms with van der Waals surface area (Å²) in [5, 5.41) is 3.28. The van der Waals surface area contributed by atoms with Crippen molar-refractivity contribution in [2.75, 3.05) is 11.9 Å². The predicted molar refractivity (Wildman–Crippen MR) is 110 cm³/mol. The molecule has 142 valence electrons. The lowest BCUT2D eigenvalue weighted by atomic mass is 9.97. The topological polar surface area (TPSA) is 66.8 Å². The van der Waals surface area contributed by atoms with Gasteiger partial charge < -0.3 is 5.32 Å². The van der Waals surface area contributed by atoms with E-state index < -0.39 is 0 Å². The molecule has 0 saturated carbocycles. The van der Waals surface area contributed by atoms with Crippen molar-refractivity contribution in [3.05, 3.63) is 77.6 Å². The predicted octanol–water partition coefficient (Wildman–Crippen LogP) is 3.28. The van der Waals surface area contributed by atoms with Crippen LogP contribution in [-0.4, -0.2) is 31.4 Å². The maximum Gasteiger partial charge on any atom is 0.222 e. The van der Waals surface area contributed by atoms with E-state index >= 15 is 0 Å². The second-order valence-corrected chi connectivity index (χ2v) is 6.18. The van der Waals surface area contributed by atoms with Crippen LogP contribution in [0.15, 0.2) is 55.4 Å². The fraction of sp³-hybridized carbons (Fsp3) is 0.263. The Morgan fingerprint density at radius 3 is 2.59 bits per heavy atom. The molecule has 0 saturated heterocycles. The Labute approximate surface area is 171 Å². The van der Waals surface area contributed by atoms with Crippen molar-refractivity contribution >= 4 is 30.8 Å². The van der Waals surface area contributed by atoms with Gasteiger partial charge >= 0.3 is 0 Å². The first-order valence-corrected chi connectivity index (χ1v) is 8.45. The Balaban J connectivity index is 0.00000131. The molecule has 1 aliphatic heterocycles.